The van der Waals surface area contributed by atoms with E-state index >= 15 is 0 Å². The number of halogens is 3. The number of benzene rings is 2. The molecule has 4 rings (SSSR count). The van der Waals surface area contributed by atoms with Crippen LogP contribution in [0.2, 0.25) is 0 Å². The maximum atomic E-state index is 13.0. The Kier molecular flexibility index (Phi) is 4.60. The number of anilines is 1. The largest absolute Gasteiger partial charge is 0.416 e. The third kappa shape index (κ3) is 3.32. The molecule has 1 amide bonds. The third-order valence-corrected chi connectivity index (χ3v) is 5.65. The quantitative estimate of drug-likeness (QED) is 0.500. The SMILES string of the molecule is Cc1ccc(-n2c(C)cc(/C=C3/C(=O)Nc4cc(C(F)(F)F)ccc43)c2C)cc1C. The first kappa shape index (κ1) is 20.0. The number of nitrogens with zero attached hydrogens (tertiary/aromatic N) is 1. The van der Waals surface area contributed by atoms with E-state index in [0.29, 0.717) is 11.1 Å². The average molecular weight is 410 g/mol. The normalized spacial score (nSPS) is 14.9. The molecule has 0 saturated carbocycles. The van der Waals surface area contributed by atoms with Crippen molar-refractivity contribution in [3.63, 3.8) is 0 Å². The summed E-state index contributed by atoms with van der Waals surface area (Å²) in [6.07, 6.45) is -2.71. The van der Waals surface area contributed by atoms with E-state index in [4.69, 9.17) is 0 Å². The highest BCUT2D eigenvalue weighted by atomic mass is 19.4. The predicted octanol–water partition coefficient (Wildman–Crippen LogP) is 6.22. The number of hydrogen-bond donors (Lipinski definition) is 1. The van der Waals surface area contributed by atoms with Crippen molar-refractivity contribution in [2.75, 3.05) is 5.32 Å². The lowest BCUT2D eigenvalue weighted by Crippen LogP contribution is -2.06. The van der Waals surface area contributed by atoms with Crippen molar-refractivity contribution in [1.29, 1.82) is 0 Å². The minimum atomic E-state index is -4.46. The van der Waals surface area contributed by atoms with Crippen LogP contribution in [0.4, 0.5) is 18.9 Å². The van der Waals surface area contributed by atoms with E-state index in [2.05, 4.69) is 41.9 Å². The van der Waals surface area contributed by atoms with Gasteiger partial charge in [0.05, 0.1) is 5.56 Å². The lowest BCUT2D eigenvalue weighted by Gasteiger charge is -2.12. The summed E-state index contributed by atoms with van der Waals surface area (Å²) in [5.41, 5.74) is 6.48. The molecule has 0 bridgehead atoms. The minimum Gasteiger partial charge on any atom is -0.321 e. The molecule has 2 heterocycles. The second-order valence-corrected chi connectivity index (χ2v) is 7.70. The number of aryl methyl sites for hydroxylation is 3. The fourth-order valence-corrected chi connectivity index (χ4v) is 3.87. The molecule has 3 aromatic rings. The summed E-state index contributed by atoms with van der Waals surface area (Å²) in [6, 6.07) is 11.5. The van der Waals surface area contributed by atoms with E-state index in [1.54, 1.807) is 6.08 Å². The molecule has 6 heteroatoms. The van der Waals surface area contributed by atoms with Crippen LogP contribution in [0, 0.1) is 27.7 Å². The summed E-state index contributed by atoms with van der Waals surface area (Å²) >= 11 is 0. The van der Waals surface area contributed by atoms with Gasteiger partial charge in [0.25, 0.3) is 5.91 Å². The Morgan fingerprint density at radius 3 is 2.33 bits per heavy atom. The molecule has 1 aromatic heterocycles. The second kappa shape index (κ2) is 6.90. The summed E-state index contributed by atoms with van der Waals surface area (Å²) in [4.78, 5) is 12.5. The molecule has 30 heavy (non-hydrogen) atoms. The van der Waals surface area contributed by atoms with Crippen LogP contribution in [0.15, 0.2) is 42.5 Å². The van der Waals surface area contributed by atoms with Gasteiger partial charge in [0, 0.05) is 33.9 Å². The number of fused-ring (bicyclic) bond motifs is 1. The zero-order valence-corrected chi connectivity index (χ0v) is 17.1. The van der Waals surface area contributed by atoms with Gasteiger partial charge in [-0.1, -0.05) is 12.1 Å². The molecule has 154 valence electrons. The first-order valence-electron chi connectivity index (χ1n) is 9.57. The Hall–Kier alpha value is -3.28. The molecular formula is C24H21F3N2O. The molecule has 0 spiro atoms. The Bertz CT molecular complexity index is 1220. The van der Waals surface area contributed by atoms with Crippen LogP contribution in [-0.2, 0) is 11.0 Å². The molecule has 0 fully saturated rings. The van der Waals surface area contributed by atoms with Crippen molar-refractivity contribution in [3.8, 4) is 5.69 Å². The van der Waals surface area contributed by atoms with Crippen molar-refractivity contribution < 1.29 is 18.0 Å². The zero-order chi connectivity index (χ0) is 21.8. The topological polar surface area (TPSA) is 34.0 Å². The molecule has 2 aromatic carbocycles. The van der Waals surface area contributed by atoms with Gasteiger partial charge in [-0.3, -0.25) is 4.79 Å². The van der Waals surface area contributed by atoms with Crippen molar-refractivity contribution in [2.45, 2.75) is 33.9 Å². The number of amides is 1. The Balaban J connectivity index is 1.78. The fourth-order valence-electron chi connectivity index (χ4n) is 3.87. The molecule has 0 atom stereocenters. The van der Waals surface area contributed by atoms with Crippen molar-refractivity contribution in [1.82, 2.24) is 4.57 Å². The lowest BCUT2D eigenvalue weighted by molar-refractivity contribution is -0.137. The number of alkyl halides is 3. The van der Waals surface area contributed by atoms with Crippen molar-refractivity contribution >= 4 is 23.2 Å². The van der Waals surface area contributed by atoms with Gasteiger partial charge in [0.2, 0.25) is 0 Å². The monoisotopic (exact) mass is 410 g/mol. The maximum Gasteiger partial charge on any atom is 0.416 e. The second-order valence-electron chi connectivity index (χ2n) is 7.70. The van der Waals surface area contributed by atoms with Gasteiger partial charge in [-0.15, -0.1) is 0 Å². The zero-order valence-electron chi connectivity index (χ0n) is 17.1. The first-order chi connectivity index (χ1) is 14.1. The molecule has 0 aliphatic carbocycles. The van der Waals surface area contributed by atoms with E-state index in [-0.39, 0.29) is 5.69 Å². The predicted molar refractivity (Wildman–Crippen MR) is 113 cm³/mol. The van der Waals surface area contributed by atoms with Crippen LogP contribution < -0.4 is 5.32 Å². The number of aromatic nitrogens is 1. The van der Waals surface area contributed by atoms with Gasteiger partial charge in [0.1, 0.15) is 0 Å². The van der Waals surface area contributed by atoms with E-state index in [9.17, 15) is 18.0 Å². The van der Waals surface area contributed by atoms with Crippen molar-refractivity contribution in [3.05, 3.63) is 81.7 Å². The number of carbonyl (C=O) groups excluding carboxylic acids is 1. The summed E-state index contributed by atoms with van der Waals surface area (Å²) in [7, 11) is 0. The van der Waals surface area contributed by atoms with E-state index in [1.807, 2.05) is 19.9 Å². The molecule has 0 saturated heterocycles. The number of rotatable bonds is 2. The number of nitrogens with one attached hydrogen (secondary N) is 1. The molecule has 3 nitrogen and oxygen atoms in total. The van der Waals surface area contributed by atoms with Crippen LogP contribution in [-0.4, -0.2) is 10.5 Å². The highest BCUT2D eigenvalue weighted by Crippen LogP contribution is 2.39. The fraction of sp³-hybridized carbons (Fsp3) is 0.208. The third-order valence-electron chi connectivity index (χ3n) is 5.65. The molecular weight excluding hydrogens is 389 g/mol. The Morgan fingerprint density at radius 1 is 0.933 bits per heavy atom. The van der Waals surface area contributed by atoms with Crippen LogP contribution in [0.3, 0.4) is 0 Å². The maximum absolute atomic E-state index is 13.0. The van der Waals surface area contributed by atoms with Gasteiger partial charge in [-0.2, -0.15) is 13.2 Å². The first-order valence-corrected chi connectivity index (χ1v) is 9.57. The smallest absolute Gasteiger partial charge is 0.321 e. The Labute approximate surface area is 172 Å². The van der Waals surface area contributed by atoms with Crippen LogP contribution in [0.1, 0.15) is 39.2 Å². The average Bonchev–Trinajstić information content (AvgIpc) is 3.12. The molecule has 1 aliphatic rings. The highest BCUT2D eigenvalue weighted by Gasteiger charge is 2.33. The summed E-state index contributed by atoms with van der Waals surface area (Å²) in [5, 5.41) is 2.55. The van der Waals surface area contributed by atoms with Crippen molar-refractivity contribution in [2.24, 2.45) is 0 Å². The molecule has 1 aliphatic heterocycles. The molecule has 0 unspecified atom stereocenters. The van der Waals surface area contributed by atoms with Gasteiger partial charge in [-0.25, -0.2) is 0 Å². The standard InChI is InChI=1S/C24H21F3N2O/c1-13-5-7-19(9-14(13)2)29-15(3)10-17(16(29)4)11-21-20-8-6-18(24(25,26)27)12-22(20)28-23(21)30/h5-12H,1-4H3,(H,28,30)/b21-11+. The highest BCUT2D eigenvalue weighted by molar-refractivity contribution is 6.35. The van der Waals surface area contributed by atoms with Crippen LogP contribution >= 0.6 is 0 Å². The number of carbonyl (C=O) groups is 1. The molecule has 1 N–H and O–H groups in total. The summed E-state index contributed by atoms with van der Waals surface area (Å²) in [5.74, 6) is -0.402. The van der Waals surface area contributed by atoms with Gasteiger partial charge in [0.15, 0.2) is 0 Å². The molecule has 0 radical (unpaired) electrons. The van der Waals surface area contributed by atoms with E-state index in [0.717, 1.165) is 34.8 Å². The summed E-state index contributed by atoms with van der Waals surface area (Å²) < 4.78 is 41.1. The van der Waals surface area contributed by atoms with Gasteiger partial charge >= 0.3 is 6.18 Å². The van der Waals surface area contributed by atoms with Gasteiger partial charge < -0.3 is 9.88 Å². The van der Waals surface area contributed by atoms with Crippen LogP contribution in [0.5, 0.6) is 0 Å². The summed E-state index contributed by atoms with van der Waals surface area (Å²) in [6.45, 7) is 8.08. The lowest BCUT2D eigenvalue weighted by atomic mass is 10.0. The Morgan fingerprint density at radius 2 is 1.67 bits per heavy atom. The minimum absolute atomic E-state index is 0.184. The van der Waals surface area contributed by atoms with Gasteiger partial charge in [-0.05, 0) is 80.8 Å². The number of hydrogen-bond acceptors (Lipinski definition) is 1. The van der Waals surface area contributed by atoms with E-state index < -0.39 is 17.6 Å². The van der Waals surface area contributed by atoms with E-state index in [1.165, 1.54) is 17.2 Å². The van der Waals surface area contributed by atoms with Crippen LogP contribution in [0.25, 0.3) is 17.3 Å².